The highest BCUT2D eigenvalue weighted by molar-refractivity contribution is 5.81. The number of likely N-dealkylation sites (N-methyl/N-ethyl adjacent to an activating group) is 1. The maximum Gasteiger partial charge on any atom is 0.239 e. The van der Waals surface area contributed by atoms with Gasteiger partial charge < -0.3 is 5.73 Å². The molecule has 3 heteroatoms. The molecule has 0 fully saturated rings. The number of amides is 1. The largest absolute Gasteiger partial charge is 0.368 e. The summed E-state index contributed by atoms with van der Waals surface area (Å²) in [6.07, 6.45) is 2.19. The third-order valence-electron chi connectivity index (χ3n) is 2.69. The molecule has 2 N–H and O–H groups in total. The standard InChI is InChI=1S/C13H20N2O/c1-3-4-10-15(2)12(13(14)16)11-8-6-5-7-9-11/h5-9,12H,3-4,10H2,1-2H3,(H2,14,16)/t12-/m1/s1. The second kappa shape index (κ2) is 6.28. The van der Waals surface area contributed by atoms with Gasteiger partial charge in [-0.3, -0.25) is 9.69 Å². The van der Waals surface area contributed by atoms with E-state index in [4.69, 9.17) is 5.73 Å². The van der Waals surface area contributed by atoms with Gasteiger partial charge in [-0.05, 0) is 25.6 Å². The Morgan fingerprint density at radius 2 is 2.00 bits per heavy atom. The molecule has 88 valence electrons. The number of nitrogens with zero attached hydrogens (tertiary/aromatic N) is 1. The number of carbonyl (C=O) groups is 1. The van der Waals surface area contributed by atoms with E-state index in [0.29, 0.717) is 0 Å². The fourth-order valence-electron chi connectivity index (χ4n) is 1.81. The summed E-state index contributed by atoms with van der Waals surface area (Å²) in [4.78, 5) is 13.5. The van der Waals surface area contributed by atoms with Crippen molar-refractivity contribution >= 4 is 5.91 Å². The predicted octanol–water partition coefficient (Wildman–Crippen LogP) is 1.94. The van der Waals surface area contributed by atoms with Crippen molar-refractivity contribution in [1.82, 2.24) is 4.90 Å². The van der Waals surface area contributed by atoms with Crippen LogP contribution < -0.4 is 5.73 Å². The maximum absolute atomic E-state index is 11.5. The highest BCUT2D eigenvalue weighted by Gasteiger charge is 2.21. The van der Waals surface area contributed by atoms with Gasteiger partial charge in [0, 0.05) is 0 Å². The Hall–Kier alpha value is -1.35. The summed E-state index contributed by atoms with van der Waals surface area (Å²) in [5.74, 6) is -0.287. The first kappa shape index (κ1) is 12.7. The number of unbranched alkanes of at least 4 members (excludes halogenated alkanes) is 1. The molecular weight excluding hydrogens is 200 g/mol. The number of carbonyl (C=O) groups excluding carboxylic acids is 1. The van der Waals surface area contributed by atoms with E-state index in [1.165, 1.54) is 0 Å². The number of primary amides is 1. The van der Waals surface area contributed by atoms with Crippen molar-refractivity contribution < 1.29 is 4.79 Å². The van der Waals surface area contributed by atoms with E-state index in [9.17, 15) is 4.79 Å². The van der Waals surface area contributed by atoms with Crippen molar-refractivity contribution in [3.05, 3.63) is 35.9 Å². The molecule has 0 saturated carbocycles. The van der Waals surface area contributed by atoms with Crippen LogP contribution in [-0.2, 0) is 4.79 Å². The van der Waals surface area contributed by atoms with E-state index in [1.54, 1.807) is 0 Å². The van der Waals surface area contributed by atoms with Crippen LogP contribution in [0.5, 0.6) is 0 Å². The SMILES string of the molecule is CCCCN(C)[C@@H](C(N)=O)c1ccccc1. The summed E-state index contributed by atoms with van der Waals surface area (Å²) < 4.78 is 0. The number of hydrogen-bond acceptors (Lipinski definition) is 2. The minimum atomic E-state index is -0.312. The van der Waals surface area contributed by atoms with Gasteiger partial charge in [-0.15, -0.1) is 0 Å². The Kier molecular flexibility index (Phi) is 4.99. The average Bonchev–Trinajstić information content (AvgIpc) is 2.27. The smallest absolute Gasteiger partial charge is 0.239 e. The van der Waals surface area contributed by atoms with E-state index in [1.807, 2.05) is 42.3 Å². The molecule has 0 heterocycles. The summed E-state index contributed by atoms with van der Waals surface area (Å²) in [5.41, 5.74) is 6.43. The van der Waals surface area contributed by atoms with Gasteiger partial charge >= 0.3 is 0 Å². The van der Waals surface area contributed by atoms with E-state index < -0.39 is 0 Å². The van der Waals surface area contributed by atoms with Gasteiger partial charge in [0.1, 0.15) is 6.04 Å². The van der Waals surface area contributed by atoms with Crippen molar-refractivity contribution in [3.8, 4) is 0 Å². The average molecular weight is 220 g/mol. The Bertz CT molecular complexity index is 324. The van der Waals surface area contributed by atoms with Crippen LogP contribution in [0.15, 0.2) is 30.3 Å². The van der Waals surface area contributed by atoms with Crippen LogP contribution in [0.2, 0.25) is 0 Å². The normalized spacial score (nSPS) is 12.7. The number of nitrogens with two attached hydrogens (primary N) is 1. The second-order valence-electron chi connectivity index (χ2n) is 4.05. The molecule has 0 spiro atoms. The lowest BCUT2D eigenvalue weighted by Gasteiger charge is -2.25. The van der Waals surface area contributed by atoms with Crippen LogP contribution in [-0.4, -0.2) is 24.4 Å². The number of rotatable bonds is 6. The van der Waals surface area contributed by atoms with Gasteiger partial charge in [0.2, 0.25) is 5.91 Å². The zero-order chi connectivity index (χ0) is 12.0. The molecule has 0 radical (unpaired) electrons. The summed E-state index contributed by atoms with van der Waals surface area (Å²) in [7, 11) is 1.94. The quantitative estimate of drug-likeness (QED) is 0.796. The van der Waals surface area contributed by atoms with E-state index in [0.717, 1.165) is 24.9 Å². The monoisotopic (exact) mass is 220 g/mol. The van der Waals surface area contributed by atoms with Crippen molar-refractivity contribution in [3.63, 3.8) is 0 Å². The van der Waals surface area contributed by atoms with Crippen LogP contribution in [0.1, 0.15) is 31.4 Å². The number of benzene rings is 1. The summed E-state index contributed by atoms with van der Waals surface area (Å²) in [5, 5.41) is 0. The van der Waals surface area contributed by atoms with Crippen LogP contribution in [0.3, 0.4) is 0 Å². The molecule has 16 heavy (non-hydrogen) atoms. The minimum Gasteiger partial charge on any atom is -0.368 e. The molecule has 0 aromatic heterocycles. The molecule has 1 rings (SSSR count). The van der Waals surface area contributed by atoms with Gasteiger partial charge in [-0.2, -0.15) is 0 Å². The van der Waals surface area contributed by atoms with E-state index in [-0.39, 0.29) is 11.9 Å². The first-order valence-corrected chi connectivity index (χ1v) is 5.71. The maximum atomic E-state index is 11.5. The Morgan fingerprint density at radius 3 is 2.50 bits per heavy atom. The molecule has 1 aromatic rings. The highest BCUT2D eigenvalue weighted by atomic mass is 16.1. The molecule has 1 amide bonds. The minimum absolute atomic E-state index is 0.287. The van der Waals surface area contributed by atoms with Crippen molar-refractivity contribution in [2.45, 2.75) is 25.8 Å². The molecule has 0 saturated heterocycles. The second-order valence-corrected chi connectivity index (χ2v) is 4.05. The molecule has 0 unspecified atom stereocenters. The Morgan fingerprint density at radius 1 is 1.38 bits per heavy atom. The zero-order valence-electron chi connectivity index (χ0n) is 10.0. The third-order valence-corrected chi connectivity index (χ3v) is 2.69. The van der Waals surface area contributed by atoms with Gasteiger partial charge in [-0.25, -0.2) is 0 Å². The van der Waals surface area contributed by atoms with Crippen LogP contribution in [0.4, 0.5) is 0 Å². The lowest BCUT2D eigenvalue weighted by Crippen LogP contribution is -2.35. The predicted molar refractivity (Wildman–Crippen MR) is 65.9 cm³/mol. The fourth-order valence-corrected chi connectivity index (χ4v) is 1.81. The van der Waals surface area contributed by atoms with Gasteiger partial charge in [-0.1, -0.05) is 43.7 Å². The first-order valence-electron chi connectivity index (χ1n) is 5.71. The highest BCUT2D eigenvalue weighted by Crippen LogP contribution is 2.18. The lowest BCUT2D eigenvalue weighted by atomic mass is 10.0. The van der Waals surface area contributed by atoms with Crippen molar-refractivity contribution in [2.75, 3.05) is 13.6 Å². The van der Waals surface area contributed by atoms with Gasteiger partial charge in [0.15, 0.2) is 0 Å². The van der Waals surface area contributed by atoms with E-state index >= 15 is 0 Å². The molecule has 1 atom stereocenters. The van der Waals surface area contributed by atoms with Gasteiger partial charge in [0.05, 0.1) is 0 Å². The summed E-state index contributed by atoms with van der Waals surface area (Å²) in [6.45, 7) is 3.02. The fraction of sp³-hybridized carbons (Fsp3) is 0.462. The van der Waals surface area contributed by atoms with Crippen molar-refractivity contribution in [1.29, 1.82) is 0 Å². The third kappa shape index (κ3) is 3.35. The van der Waals surface area contributed by atoms with Crippen LogP contribution in [0.25, 0.3) is 0 Å². The molecule has 0 aliphatic carbocycles. The molecule has 0 aliphatic rings. The Balaban J connectivity index is 2.79. The molecular formula is C13H20N2O. The Labute approximate surface area is 97.2 Å². The number of hydrogen-bond donors (Lipinski definition) is 1. The van der Waals surface area contributed by atoms with E-state index in [2.05, 4.69) is 6.92 Å². The zero-order valence-corrected chi connectivity index (χ0v) is 10.0. The molecule has 0 bridgehead atoms. The molecule has 3 nitrogen and oxygen atoms in total. The van der Waals surface area contributed by atoms with Crippen LogP contribution >= 0.6 is 0 Å². The first-order chi connectivity index (χ1) is 7.66. The van der Waals surface area contributed by atoms with Gasteiger partial charge in [0.25, 0.3) is 0 Å². The molecule has 1 aromatic carbocycles. The molecule has 0 aliphatic heterocycles. The summed E-state index contributed by atoms with van der Waals surface area (Å²) >= 11 is 0. The topological polar surface area (TPSA) is 46.3 Å². The lowest BCUT2D eigenvalue weighted by molar-refractivity contribution is -0.123. The van der Waals surface area contributed by atoms with Crippen molar-refractivity contribution in [2.24, 2.45) is 5.73 Å². The summed E-state index contributed by atoms with van der Waals surface area (Å²) in [6, 6.07) is 9.37. The van der Waals surface area contributed by atoms with Crippen LogP contribution in [0, 0.1) is 0 Å².